The van der Waals surface area contributed by atoms with E-state index in [1.54, 1.807) is 18.2 Å². The second-order valence-corrected chi connectivity index (χ2v) is 4.78. The molecule has 19 heavy (non-hydrogen) atoms. The molecule has 0 saturated carbocycles. The zero-order valence-corrected chi connectivity index (χ0v) is 11.3. The van der Waals surface area contributed by atoms with Crippen molar-refractivity contribution >= 4 is 5.78 Å². The number of nitrogens with zero attached hydrogens (tertiary/aromatic N) is 1. The molecule has 0 saturated heterocycles. The van der Waals surface area contributed by atoms with Crippen LogP contribution < -0.4 is 9.47 Å². The van der Waals surface area contributed by atoms with Crippen molar-refractivity contribution in [2.45, 2.75) is 19.9 Å². The molecule has 1 aromatic rings. The van der Waals surface area contributed by atoms with Gasteiger partial charge in [0.15, 0.2) is 17.3 Å². The number of benzene rings is 1. The average molecular weight is 265 g/mol. The summed E-state index contributed by atoms with van der Waals surface area (Å²) in [5, 5.41) is 9.01. The Bertz CT molecular complexity index is 459. The van der Waals surface area contributed by atoms with Crippen LogP contribution in [0.25, 0.3) is 0 Å². The molecule has 0 fully saturated rings. The largest absolute Gasteiger partial charge is 0.454 e. The molecule has 104 valence electrons. The van der Waals surface area contributed by atoms with E-state index in [2.05, 4.69) is 0 Å². The van der Waals surface area contributed by atoms with Crippen LogP contribution in [0.5, 0.6) is 11.5 Å². The number of hydrogen-bond acceptors (Lipinski definition) is 5. The van der Waals surface area contributed by atoms with Gasteiger partial charge in [0.1, 0.15) is 0 Å². The molecule has 1 aromatic carbocycles. The van der Waals surface area contributed by atoms with Crippen LogP contribution in [0, 0.1) is 0 Å². The van der Waals surface area contributed by atoms with E-state index in [1.807, 2.05) is 18.7 Å². The van der Waals surface area contributed by atoms with Gasteiger partial charge in [-0.25, -0.2) is 0 Å². The van der Waals surface area contributed by atoms with Crippen LogP contribution in [-0.2, 0) is 0 Å². The molecule has 1 heterocycles. The first-order chi connectivity index (χ1) is 9.11. The number of fused-ring (bicyclic) bond motifs is 1. The molecule has 2 rings (SSSR count). The first kappa shape index (κ1) is 13.8. The summed E-state index contributed by atoms with van der Waals surface area (Å²) in [4.78, 5) is 14.2. The molecule has 0 atom stereocenters. The minimum Gasteiger partial charge on any atom is -0.454 e. The van der Waals surface area contributed by atoms with Crippen molar-refractivity contribution in [3.8, 4) is 11.5 Å². The lowest BCUT2D eigenvalue weighted by atomic mass is 10.1. The number of carbonyl (C=O) groups excluding carboxylic acids is 1. The second kappa shape index (κ2) is 6.04. The van der Waals surface area contributed by atoms with Gasteiger partial charge in [0.05, 0.1) is 13.2 Å². The maximum absolute atomic E-state index is 12.2. The molecule has 0 aromatic heterocycles. The fourth-order valence-corrected chi connectivity index (χ4v) is 1.99. The van der Waals surface area contributed by atoms with Crippen LogP contribution in [0.2, 0.25) is 0 Å². The summed E-state index contributed by atoms with van der Waals surface area (Å²) < 4.78 is 10.5. The third kappa shape index (κ3) is 3.24. The lowest BCUT2D eigenvalue weighted by Gasteiger charge is -2.24. The number of aliphatic hydroxyl groups is 1. The Hall–Kier alpha value is -1.59. The Balaban J connectivity index is 2.07. The number of rotatable bonds is 6. The van der Waals surface area contributed by atoms with Gasteiger partial charge >= 0.3 is 0 Å². The molecular weight excluding hydrogens is 246 g/mol. The number of carbonyl (C=O) groups is 1. The summed E-state index contributed by atoms with van der Waals surface area (Å²) in [6, 6.07) is 5.42. The van der Waals surface area contributed by atoms with Gasteiger partial charge in [0, 0.05) is 18.2 Å². The van der Waals surface area contributed by atoms with Gasteiger partial charge in [0.25, 0.3) is 0 Å². The third-order valence-electron chi connectivity index (χ3n) is 3.16. The van der Waals surface area contributed by atoms with Crippen molar-refractivity contribution in [3.05, 3.63) is 23.8 Å². The van der Waals surface area contributed by atoms with E-state index in [9.17, 15) is 4.79 Å². The molecular formula is C14H19NO4. The Morgan fingerprint density at radius 2 is 2.11 bits per heavy atom. The highest BCUT2D eigenvalue weighted by Gasteiger charge is 2.19. The van der Waals surface area contributed by atoms with Crippen LogP contribution in [0.1, 0.15) is 24.2 Å². The Morgan fingerprint density at radius 3 is 2.79 bits per heavy atom. The highest BCUT2D eigenvalue weighted by Crippen LogP contribution is 2.32. The van der Waals surface area contributed by atoms with Crippen molar-refractivity contribution < 1.29 is 19.4 Å². The van der Waals surface area contributed by atoms with Crippen LogP contribution >= 0.6 is 0 Å². The van der Waals surface area contributed by atoms with Crippen LogP contribution in [0.4, 0.5) is 0 Å². The molecule has 0 spiro atoms. The number of ketones is 1. The summed E-state index contributed by atoms with van der Waals surface area (Å²) >= 11 is 0. The Labute approximate surface area is 112 Å². The molecule has 5 heteroatoms. The molecule has 0 radical (unpaired) electrons. The average Bonchev–Trinajstić information content (AvgIpc) is 2.85. The maximum Gasteiger partial charge on any atom is 0.231 e. The van der Waals surface area contributed by atoms with E-state index in [-0.39, 0.29) is 31.8 Å². The first-order valence-corrected chi connectivity index (χ1v) is 6.39. The van der Waals surface area contributed by atoms with Crippen molar-refractivity contribution in [2.75, 3.05) is 26.5 Å². The molecule has 1 aliphatic heterocycles. The zero-order chi connectivity index (χ0) is 13.8. The molecule has 0 amide bonds. The van der Waals surface area contributed by atoms with Crippen LogP contribution in [-0.4, -0.2) is 48.3 Å². The van der Waals surface area contributed by atoms with Gasteiger partial charge in [-0.3, -0.25) is 9.69 Å². The Kier molecular flexibility index (Phi) is 4.39. The molecule has 1 aliphatic rings. The van der Waals surface area contributed by atoms with Gasteiger partial charge in [-0.15, -0.1) is 0 Å². The van der Waals surface area contributed by atoms with Gasteiger partial charge in [-0.2, -0.15) is 0 Å². The van der Waals surface area contributed by atoms with E-state index in [0.29, 0.717) is 23.6 Å². The maximum atomic E-state index is 12.2. The first-order valence-electron chi connectivity index (χ1n) is 6.39. The molecule has 0 bridgehead atoms. The lowest BCUT2D eigenvalue weighted by molar-refractivity contribution is 0.0881. The van der Waals surface area contributed by atoms with Crippen molar-refractivity contribution in [1.82, 2.24) is 4.90 Å². The number of hydrogen-bond donors (Lipinski definition) is 1. The van der Waals surface area contributed by atoms with E-state index in [0.717, 1.165) is 0 Å². The highest BCUT2D eigenvalue weighted by molar-refractivity contribution is 5.98. The number of ether oxygens (including phenoxy) is 2. The van der Waals surface area contributed by atoms with Crippen molar-refractivity contribution in [1.29, 1.82) is 0 Å². The number of Topliss-reactive ketones (excluding diaryl/α,β-unsaturated/α-hetero) is 1. The number of aliphatic hydroxyl groups excluding tert-OH is 1. The van der Waals surface area contributed by atoms with E-state index in [4.69, 9.17) is 14.6 Å². The summed E-state index contributed by atoms with van der Waals surface area (Å²) in [6.07, 6.45) is 0. The lowest BCUT2D eigenvalue weighted by Crippen LogP contribution is -2.37. The van der Waals surface area contributed by atoms with Gasteiger partial charge < -0.3 is 14.6 Å². The molecule has 0 aliphatic carbocycles. The third-order valence-corrected chi connectivity index (χ3v) is 3.16. The zero-order valence-electron chi connectivity index (χ0n) is 11.3. The van der Waals surface area contributed by atoms with Gasteiger partial charge in [-0.05, 0) is 32.0 Å². The van der Waals surface area contributed by atoms with Crippen LogP contribution in [0.15, 0.2) is 18.2 Å². The minimum atomic E-state index is 0.0143. The second-order valence-electron chi connectivity index (χ2n) is 4.78. The summed E-state index contributed by atoms with van der Waals surface area (Å²) in [5.74, 6) is 1.30. The van der Waals surface area contributed by atoms with E-state index in [1.165, 1.54) is 0 Å². The highest BCUT2D eigenvalue weighted by atomic mass is 16.7. The topological polar surface area (TPSA) is 59.0 Å². The van der Waals surface area contributed by atoms with Crippen molar-refractivity contribution in [3.63, 3.8) is 0 Å². The molecule has 5 nitrogen and oxygen atoms in total. The monoisotopic (exact) mass is 265 g/mol. The normalized spacial score (nSPS) is 13.3. The minimum absolute atomic E-state index is 0.0143. The quantitative estimate of drug-likeness (QED) is 0.786. The summed E-state index contributed by atoms with van der Waals surface area (Å²) in [6.45, 7) is 5.04. The Morgan fingerprint density at radius 1 is 1.37 bits per heavy atom. The van der Waals surface area contributed by atoms with Crippen molar-refractivity contribution in [2.24, 2.45) is 0 Å². The smallest absolute Gasteiger partial charge is 0.231 e. The summed E-state index contributed by atoms with van der Waals surface area (Å²) in [7, 11) is 0. The molecule has 1 N–H and O–H groups in total. The van der Waals surface area contributed by atoms with Gasteiger partial charge in [0.2, 0.25) is 6.79 Å². The standard InChI is InChI=1S/C14H19NO4/c1-10(2)15(5-6-16)8-12(17)11-3-4-13-14(7-11)19-9-18-13/h3-4,7,10,16H,5-6,8-9H2,1-2H3. The SMILES string of the molecule is CC(C)N(CCO)CC(=O)c1ccc2c(c1)OCO2. The van der Waals surface area contributed by atoms with Gasteiger partial charge in [-0.1, -0.05) is 0 Å². The predicted octanol–water partition coefficient (Wildman–Crippen LogP) is 1.30. The summed E-state index contributed by atoms with van der Waals surface area (Å²) in [5.41, 5.74) is 0.604. The van der Waals surface area contributed by atoms with E-state index >= 15 is 0 Å². The fraction of sp³-hybridized carbons (Fsp3) is 0.500. The fourth-order valence-electron chi connectivity index (χ4n) is 1.99. The van der Waals surface area contributed by atoms with E-state index < -0.39 is 0 Å². The predicted molar refractivity (Wildman–Crippen MR) is 70.7 cm³/mol. The van der Waals surface area contributed by atoms with Crippen LogP contribution in [0.3, 0.4) is 0 Å². The molecule has 0 unspecified atom stereocenters.